The highest BCUT2D eigenvalue weighted by molar-refractivity contribution is 7.89. The van der Waals surface area contributed by atoms with E-state index in [1.54, 1.807) is 18.2 Å². The fraction of sp³-hybridized carbons (Fsp3) is 0.632. The Balaban J connectivity index is 2.13. The van der Waals surface area contributed by atoms with Crippen LogP contribution in [0.25, 0.3) is 0 Å². The topological polar surface area (TPSA) is 69.7 Å². The van der Waals surface area contributed by atoms with Gasteiger partial charge in [-0.25, -0.2) is 8.42 Å². The van der Waals surface area contributed by atoms with E-state index < -0.39 is 10.0 Å². The zero-order chi connectivity index (χ0) is 19.3. The van der Waals surface area contributed by atoms with E-state index in [1.165, 1.54) is 10.7 Å². The average Bonchev–Trinajstić information content (AvgIpc) is 2.57. The standard InChI is InChI=1S/C19H31N3O3S/c1-5-22(6-2)26(24,25)17-10-9-16(4)18(12-17)20-19(23)14-21-11-7-8-15(3)13-21/h9-10,12,15H,5-8,11,13-14H2,1-4H3,(H,20,23)/t15-/m1/s1. The lowest BCUT2D eigenvalue weighted by Crippen LogP contribution is -2.39. The first-order valence-electron chi connectivity index (χ1n) is 9.40. The second-order valence-electron chi connectivity index (χ2n) is 7.10. The molecule has 2 rings (SSSR count). The van der Waals surface area contributed by atoms with Crippen LogP contribution in [0.3, 0.4) is 0 Å². The minimum atomic E-state index is -3.54. The van der Waals surface area contributed by atoms with Gasteiger partial charge in [0, 0.05) is 25.3 Å². The van der Waals surface area contributed by atoms with Crippen LogP contribution in [0.15, 0.2) is 23.1 Å². The summed E-state index contributed by atoms with van der Waals surface area (Å²) >= 11 is 0. The number of sulfonamides is 1. The number of piperidine rings is 1. The normalized spacial score (nSPS) is 18.9. The highest BCUT2D eigenvalue weighted by Gasteiger charge is 2.23. The van der Waals surface area contributed by atoms with Gasteiger partial charge in [0.15, 0.2) is 0 Å². The Morgan fingerprint density at radius 2 is 2.00 bits per heavy atom. The van der Waals surface area contributed by atoms with Crippen LogP contribution in [0.2, 0.25) is 0 Å². The molecule has 0 spiro atoms. The molecule has 1 fully saturated rings. The highest BCUT2D eigenvalue weighted by atomic mass is 32.2. The van der Waals surface area contributed by atoms with Crippen LogP contribution in [-0.2, 0) is 14.8 Å². The molecule has 1 aromatic carbocycles. The molecule has 1 aliphatic heterocycles. The summed E-state index contributed by atoms with van der Waals surface area (Å²) in [7, 11) is -3.54. The Hall–Kier alpha value is -1.44. The van der Waals surface area contributed by atoms with Crippen LogP contribution >= 0.6 is 0 Å². The molecule has 0 radical (unpaired) electrons. The van der Waals surface area contributed by atoms with Gasteiger partial charge in [-0.1, -0.05) is 26.8 Å². The van der Waals surface area contributed by atoms with E-state index in [0.717, 1.165) is 25.1 Å². The van der Waals surface area contributed by atoms with E-state index in [2.05, 4.69) is 17.1 Å². The molecule has 6 nitrogen and oxygen atoms in total. The minimum Gasteiger partial charge on any atom is -0.325 e. The molecule has 0 aromatic heterocycles. The van der Waals surface area contributed by atoms with Crippen molar-refractivity contribution < 1.29 is 13.2 Å². The maximum Gasteiger partial charge on any atom is 0.243 e. The summed E-state index contributed by atoms with van der Waals surface area (Å²) in [6, 6.07) is 4.92. The lowest BCUT2D eigenvalue weighted by atomic mass is 10.0. The molecule has 1 aromatic rings. The molecule has 1 saturated heterocycles. The highest BCUT2D eigenvalue weighted by Crippen LogP contribution is 2.23. The number of anilines is 1. The SMILES string of the molecule is CCN(CC)S(=O)(=O)c1ccc(C)c(NC(=O)CN2CCC[C@@H](C)C2)c1. The first kappa shape index (κ1) is 20.9. The molecule has 1 heterocycles. The van der Waals surface area contributed by atoms with Crippen molar-refractivity contribution in [1.29, 1.82) is 0 Å². The van der Waals surface area contributed by atoms with Gasteiger partial charge in [0.2, 0.25) is 15.9 Å². The number of amides is 1. The number of likely N-dealkylation sites (tertiary alicyclic amines) is 1. The quantitative estimate of drug-likeness (QED) is 0.788. The maximum atomic E-state index is 12.7. The summed E-state index contributed by atoms with van der Waals surface area (Å²) in [4.78, 5) is 14.8. The van der Waals surface area contributed by atoms with Crippen LogP contribution < -0.4 is 5.32 Å². The molecule has 1 N–H and O–H groups in total. The van der Waals surface area contributed by atoms with E-state index in [1.807, 2.05) is 20.8 Å². The van der Waals surface area contributed by atoms with Gasteiger partial charge in [0.1, 0.15) is 0 Å². The van der Waals surface area contributed by atoms with E-state index in [4.69, 9.17) is 0 Å². The van der Waals surface area contributed by atoms with Gasteiger partial charge in [-0.3, -0.25) is 9.69 Å². The van der Waals surface area contributed by atoms with Crippen LogP contribution in [0.1, 0.15) is 39.2 Å². The van der Waals surface area contributed by atoms with Gasteiger partial charge in [0.05, 0.1) is 11.4 Å². The summed E-state index contributed by atoms with van der Waals surface area (Å²) < 4.78 is 26.8. The summed E-state index contributed by atoms with van der Waals surface area (Å²) in [5, 5.41) is 2.90. The fourth-order valence-corrected chi connectivity index (χ4v) is 4.92. The van der Waals surface area contributed by atoms with Crippen molar-refractivity contribution in [1.82, 2.24) is 9.21 Å². The number of hydrogen-bond acceptors (Lipinski definition) is 4. The predicted octanol–water partition coefficient (Wildman–Crippen LogP) is 2.70. The molecule has 26 heavy (non-hydrogen) atoms. The number of nitrogens with zero attached hydrogens (tertiary/aromatic N) is 2. The molecule has 146 valence electrons. The van der Waals surface area contributed by atoms with E-state index >= 15 is 0 Å². The number of carbonyl (C=O) groups excluding carboxylic acids is 1. The summed E-state index contributed by atoms with van der Waals surface area (Å²) in [5.41, 5.74) is 1.41. The monoisotopic (exact) mass is 381 g/mol. The largest absolute Gasteiger partial charge is 0.325 e. The molecule has 0 saturated carbocycles. The van der Waals surface area contributed by atoms with Gasteiger partial charge in [-0.2, -0.15) is 4.31 Å². The zero-order valence-electron chi connectivity index (χ0n) is 16.3. The van der Waals surface area contributed by atoms with Crippen molar-refractivity contribution in [3.8, 4) is 0 Å². The van der Waals surface area contributed by atoms with Crippen LogP contribution in [0.4, 0.5) is 5.69 Å². The third-order valence-electron chi connectivity index (χ3n) is 4.93. The second kappa shape index (κ2) is 8.97. The minimum absolute atomic E-state index is 0.0976. The smallest absolute Gasteiger partial charge is 0.243 e. The fourth-order valence-electron chi connectivity index (χ4n) is 3.43. The average molecular weight is 382 g/mol. The van der Waals surface area contributed by atoms with E-state index in [0.29, 0.717) is 31.2 Å². The molecule has 7 heteroatoms. The van der Waals surface area contributed by atoms with Crippen molar-refractivity contribution in [2.24, 2.45) is 5.92 Å². The third kappa shape index (κ3) is 5.05. The van der Waals surface area contributed by atoms with Crippen LogP contribution in [0, 0.1) is 12.8 Å². The van der Waals surface area contributed by atoms with Gasteiger partial charge in [-0.15, -0.1) is 0 Å². The number of hydrogen-bond donors (Lipinski definition) is 1. The Labute approximate surface area is 157 Å². The molecule has 0 aliphatic carbocycles. The molecule has 0 bridgehead atoms. The van der Waals surface area contributed by atoms with Gasteiger partial charge >= 0.3 is 0 Å². The van der Waals surface area contributed by atoms with Crippen molar-refractivity contribution >= 4 is 21.6 Å². The summed E-state index contributed by atoms with van der Waals surface area (Å²) in [6.07, 6.45) is 2.33. The van der Waals surface area contributed by atoms with Crippen molar-refractivity contribution in [2.45, 2.75) is 45.4 Å². The van der Waals surface area contributed by atoms with Crippen molar-refractivity contribution in [3.05, 3.63) is 23.8 Å². The van der Waals surface area contributed by atoms with E-state index in [9.17, 15) is 13.2 Å². The number of rotatable bonds is 7. The lowest BCUT2D eigenvalue weighted by molar-refractivity contribution is -0.117. The van der Waals surface area contributed by atoms with Crippen molar-refractivity contribution in [2.75, 3.05) is 38.0 Å². The molecule has 1 aliphatic rings. The predicted molar refractivity (Wildman–Crippen MR) is 105 cm³/mol. The number of carbonyl (C=O) groups is 1. The zero-order valence-corrected chi connectivity index (χ0v) is 17.1. The third-order valence-corrected chi connectivity index (χ3v) is 6.98. The summed E-state index contributed by atoms with van der Waals surface area (Å²) in [6.45, 7) is 10.8. The number of benzene rings is 1. The summed E-state index contributed by atoms with van der Waals surface area (Å²) in [5.74, 6) is 0.514. The lowest BCUT2D eigenvalue weighted by Gasteiger charge is -2.30. The Bertz CT molecular complexity index is 730. The molecule has 1 atom stereocenters. The van der Waals surface area contributed by atoms with Gasteiger partial charge in [-0.05, 0) is 49.9 Å². The number of aryl methyl sites for hydroxylation is 1. The first-order chi connectivity index (χ1) is 12.3. The molecular weight excluding hydrogens is 350 g/mol. The Kier molecular flexibility index (Phi) is 7.20. The van der Waals surface area contributed by atoms with E-state index in [-0.39, 0.29) is 10.8 Å². The molecular formula is C19H31N3O3S. The molecule has 0 unspecified atom stereocenters. The van der Waals surface area contributed by atoms with Crippen LogP contribution in [-0.4, -0.2) is 56.3 Å². The van der Waals surface area contributed by atoms with Crippen molar-refractivity contribution in [3.63, 3.8) is 0 Å². The Morgan fingerprint density at radius 3 is 2.62 bits per heavy atom. The second-order valence-corrected chi connectivity index (χ2v) is 9.03. The first-order valence-corrected chi connectivity index (χ1v) is 10.8. The Morgan fingerprint density at radius 1 is 1.31 bits per heavy atom. The maximum absolute atomic E-state index is 12.7. The van der Waals surface area contributed by atoms with Gasteiger partial charge < -0.3 is 5.32 Å². The van der Waals surface area contributed by atoms with Gasteiger partial charge in [0.25, 0.3) is 0 Å². The van der Waals surface area contributed by atoms with Crippen LogP contribution in [0.5, 0.6) is 0 Å². The number of nitrogens with one attached hydrogen (secondary N) is 1. The molecule has 1 amide bonds.